The van der Waals surface area contributed by atoms with Gasteiger partial charge < -0.3 is 19.5 Å². The number of aliphatic hydroxyl groups excluding tert-OH is 1. The molecular formula is C31H36N2O5. The summed E-state index contributed by atoms with van der Waals surface area (Å²) in [5, 5.41) is 10.6. The highest BCUT2D eigenvalue weighted by Crippen LogP contribution is 2.14. The van der Waals surface area contributed by atoms with Gasteiger partial charge in [0.25, 0.3) is 0 Å². The summed E-state index contributed by atoms with van der Waals surface area (Å²) in [6, 6.07) is 28.5. The van der Waals surface area contributed by atoms with E-state index < -0.39 is 18.0 Å². The van der Waals surface area contributed by atoms with Gasteiger partial charge >= 0.3 is 6.09 Å². The van der Waals surface area contributed by atoms with E-state index in [-0.39, 0.29) is 32.0 Å². The number of benzene rings is 3. The lowest BCUT2D eigenvalue weighted by atomic mass is 10.1. The minimum Gasteiger partial charge on any atom is -0.442 e. The molecule has 0 aliphatic rings. The monoisotopic (exact) mass is 516 g/mol. The van der Waals surface area contributed by atoms with Crippen molar-refractivity contribution in [2.45, 2.75) is 58.7 Å². The first-order valence-corrected chi connectivity index (χ1v) is 12.7. The quantitative estimate of drug-likeness (QED) is 0.266. The van der Waals surface area contributed by atoms with Gasteiger partial charge in [0.05, 0.1) is 19.6 Å². The number of amides is 2. The number of aliphatic hydroxyl groups is 1. The molecule has 3 rings (SSSR count). The Labute approximate surface area is 224 Å². The molecule has 0 saturated carbocycles. The minimum absolute atomic E-state index is 0.0361. The van der Waals surface area contributed by atoms with Crippen molar-refractivity contribution in [3.05, 3.63) is 108 Å². The maximum atomic E-state index is 13.6. The predicted molar refractivity (Wildman–Crippen MR) is 148 cm³/mol. The number of hydrogen-bond donors (Lipinski definition) is 1. The van der Waals surface area contributed by atoms with Crippen LogP contribution in [0.5, 0.6) is 0 Å². The van der Waals surface area contributed by atoms with Gasteiger partial charge in [-0.2, -0.15) is 4.99 Å². The molecule has 3 aromatic carbocycles. The average Bonchev–Trinajstić information content (AvgIpc) is 2.87. The van der Waals surface area contributed by atoms with Crippen LogP contribution in [0, 0.1) is 0 Å². The van der Waals surface area contributed by atoms with E-state index in [0.717, 1.165) is 16.7 Å². The zero-order chi connectivity index (χ0) is 27.4. The molecule has 0 radical (unpaired) electrons. The van der Waals surface area contributed by atoms with Gasteiger partial charge in [-0.05, 0) is 37.5 Å². The van der Waals surface area contributed by atoms with E-state index in [9.17, 15) is 14.7 Å². The Morgan fingerprint density at radius 1 is 0.842 bits per heavy atom. The fourth-order valence-electron chi connectivity index (χ4n) is 3.74. The highest BCUT2D eigenvalue weighted by molar-refractivity contribution is 6.05. The van der Waals surface area contributed by atoms with E-state index >= 15 is 0 Å². The summed E-state index contributed by atoms with van der Waals surface area (Å²) in [6.45, 7) is 5.75. The first-order valence-electron chi connectivity index (χ1n) is 12.7. The largest absolute Gasteiger partial charge is 0.442 e. The van der Waals surface area contributed by atoms with E-state index in [1.807, 2.05) is 91.0 Å². The molecule has 38 heavy (non-hydrogen) atoms. The molecule has 200 valence electrons. The van der Waals surface area contributed by atoms with Gasteiger partial charge in [0.1, 0.15) is 5.60 Å². The van der Waals surface area contributed by atoms with Crippen molar-refractivity contribution >= 4 is 17.7 Å². The summed E-state index contributed by atoms with van der Waals surface area (Å²) in [4.78, 5) is 31.7. The predicted octanol–water partition coefficient (Wildman–Crippen LogP) is 5.56. The Hall–Kier alpha value is -3.81. The van der Waals surface area contributed by atoms with Crippen molar-refractivity contribution < 1.29 is 24.2 Å². The van der Waals surface area contributed by atoms with Gasteiger partial charge in [0.2, 0.25) is 5.91 Å². The first-order chi connectivity index (χ1) is 18.2. The van der Waals surface area contributed by atoms with Crippen molar-refractivity contribution in [2.24, 2.45) is 4.99 Å². The molecular weight excluding hydrogens is 480 g/mol. The Morgan fingerprint density at radius 3 is 1.92 bits per heavy atom. The Kier molecular flexibility index (Phi) is 10.8. The molecule has 0 aromatic heterocycles. The van der Waals surface area contributed by atoms with Crippen LogP contribution in [0.3, 0.4) is 0 Å². The fraction of sp³-hybridized carbons (Fsp3) is 0.323. The highest BCUT2D eigenvalue weighted by Gasteiger charge is 2.22. The summed E-state index contributed by atoms with van der Waals surface area (Å²) >= 11 is 0. The molecule has 2 amide bonds. The number of nitrogens with zero attached hydrogens (tertiary/aromatic N) is 2. The Morgan fingerprint density at radius 2 is 1.37 bits per heavy atom. The van der Waals surface area contributed by atoms with Gasteiger partial charge in [-0.3, -0.25) is 4.79 Å². The number of rotatable bonds is 11. The molecule has 7 heteroatoms. The van der Waals surface area contributed by atoms with Gasteiger partial charge in [0, 0.05) is 18.7 Å². The fourth-order valence-corrected chi connectivity index (χ4v) is 3.74. The van der Waals surface area contributed by atoms with Crippen LogP contribution >= 0.6 is 0 Å². The lowest BCUT2D eigenvalue weighted by Crippen LogP contribution is -2.39. The average molecular weight is 517 g/mol. The Bertz CT molecular complexity index is 1180. The molecule has 7 nitrogen and oxygen atoms in total. The van der Waals surface area contributed by atoms with Crippen LogP contribution in [-0.2, 0) is 33.8 Å². The lowest BCUT2D eigenvalue weighted by Gasteiger charge is -2.26. The summed E-state index contributed by atoms with van der Waals surface area (Å²) in [6.07, 6.45) is -1.72. The van der Waals surface area contributed by atoms with E-state index in [0.29, 0.717) is 12.1 Å². The molecule has 0 heterocycles. The second kappa shape index (κ2) is 14.2. The van der Waals surface area contributed by atoms with E-state index in [2.05, 4.69) is 4.99 Å². The van der Waals surface area contributed by atoms with E-state index in [4.69, 9.17) is 9.47 Å². The number of carbonyl (C=O) groups is 2. The summed E-state index contributed by atoms with van der Waals surface area (Å²) in [7, 11) is 0. The topological polar surface area (TPSA) is 88.4 Å². The molecule has 0 saturated heterocycles. The Balaban J connectivity index is 1.76. The maximum Gasteiger partial charge on any atom is 0.434 e. The second-order valence-corrected chi connectivity index (χ2v) is 10.0. The normalized spacial score (nSPS) is 12.6. The first kappa shape index (κ1) is 28.8. The van der Waals surface area contributed by atoms with Crippen LogP contribution in [0.2, 0.25) is 0 Å². The SMILES string of the molecule is CC(C)(C)OC(=O)/N=C(\CC(=O)N(Cc1ccccc1)CC(O)OCc1ccccc1)Cc1ccccc1. The molecule has 0 bridgehead atoms. The maximum absolute atomic E-state index is 13.6. The third kappa shape index (κ3) is 10.7. The molecule has 1 N–H and O–H groups in total. The second-order valence-electron chi connectivity index (χ2n) is 10.0. The van der Waals surface area contributed by atoms with Crippen LogP contribution < -0.4 is 0 Å². The molecule has 1 unspecified atom stereocenters. The zero-order valence-corrected chi connectivity index (χ0v) is 22.2. The summed E-state index contributed by atoms with van der Waals surface area (Å²) < 4.78 is 11.0. The van der Waals surface area contributed by atoms with Crippen LogP contribution in [0.4, 0.5) is 4.79 Å². The molecule has 3 aromatic rings. The summed E-state index contributed by atoms with van der Waals surface area (Å²) in [5.74, 6) is -0.283. The van der Waals surface area contributed by atoms with Crippen molar-refractivity contribution in [3.63, 3.8) is 0 Å². The molecule has 0 aliphatic heterocycles. The molecule has 0 aliphatic carbocycles. The van der Waals surface area contributed by atoms with Crippen molar-refractivity contribution in [1.82, 2.24) is 4.90 Å². The molecule has 0 fully saturated rings. The van der Waals surface area contributed by atoms with Crippen LogP contribution in [-0.4, -0.2) is 46.2 Å². The van der Waals surface area contributed by atoms with Crippen molar-refractivity contribution in [3.8, 4) is 0 Å². The lowest BCUT2D eigenvalue weighted by molar-refractivity contribution is -0.147. The standard InChI is InChI=1S/C31H36N2O5/c1-31(2,3)38-30(36)32-27(19-24-13-7-4-8-14-24)20-28(34)33(21-25-15-9-5-10-16-25)22-29(35)37-23-26-17-11-6-12-18-26/h4-18,29,35H,19-23H2,1-3H3/b32-27-. The minimum atomic E-state index is -1.19. The molecule has 1 atom stereocenters. The molecule has 0 spiro atoms. The van der Waals surface area contributed by atoms with Crippen molar-refractivity contribution in [2.75, 3.05) is 6.54 Å². The van der Waals surface area contributed by atoms with Gasteiger partial charge in [-0.25, -0.2) is 4.79 Å². The zero-order valence-electron chi connectivity index (χ0n) is 22.2. The number of carbonyl (C=O) groups excluding carboxylic acids is 2. The highest BCUT2D eigenvalue weighted by atomic mass is 16.6. The number of hydrogen-bond acceptors (Lipinski definition) is 5. The smallest absolute Gasteiger partial charge is 0.434 e. The van der Waals surface area contributed by atoms with Crippen LogP contribution in [0.15, 0.2) is 96.0 Å². The summed E-state index contributed by atoms with van der Waals surface area (Å²) in [5.41, 5.74) is 2.42. The third-order valence-corrected chi connectivity index (χ3v) is 5.48. The third-order valence-electron chi connectivity index (χ3n) is 5.48. The van der Waals surface area contributed by atoms with Crippen LogP contribution in [0.25, 0.3) is 0 Å². The van der Waals surface area contributed by atoms with Gasteiger partial charge in [0.15, 0.2) is 6.29 Å². The van der Waals surface area contributed by atoms with E-state index in [1.165, 1.54) is 4.90 Å². The van der Waals surface area contributed by atoms with Gasteiger partial charge in [-0.15, -0.1) is 0 Å². The number of ether oxygens (including phenoxy) is 2. The van der Waals surface area contributed by atoms with Crippen LogP contribution in [0.1, 0.15) is 43.9 Å². The van der Waals surface area contributed by atoms with E-state index in [1.54, 1.807) is 20.8 Å². The number of aliphatic imine (C=N–C) groups is 1. The van der Waals surface area contributed by atoms with Crippen molar-refractivity contribution in [1.29, 1.82) is 0 Å². The van der Waals surface area contributed by atoms with Gasteiger partial charge in [-0.1, -0.05) is 91.0 Å².